The van der Waals surface area contributed by atoms with E-state index in [0.29, 0.717) is 13.0 Å². The topological polar surface area (TPSA) is 26.3 Å². The summed E-state index contributed by atoms with van der Waals surface area (Å²) >= 11 is 0. The van der Waals surface area contributed by atoms with Gasteiger partial charge in [-0.25, -0.2) is 0 Å². The Morgan fingerprint density at radius 2 is 1.85 bits per heavy atom. The molecule has 0 aliphatic carbocycles. The van der Waals surface area contributed by atoms with Crippen molar-refractivity contribution < 1.29 is 9.53 Å². The van der Waals surface area contributed by atoms with Gasteiger partial charge >= 0.3 is 0 Å². The Hall–Kier alpha value is -0.370. The molecule has 0 radical (unpaired) electrons. The van der Waals surface area contributed by atoms with Gasteiger partial charge in [-0.15, -0.1) is 0 Å². The van der Waals surface area contributed by atoms with Crippen LogP contribution in [0.5, 0.6) is 0 Å². The van der Waals surface area contributed by atoms with Crippen molar-refractivity contribution in [3.8, 4) is 0 Å². The molecule has 2 heteroatoms. The highest BCUT2D eigenvalue weighted by Crippen LogP contribution is 2.21. The number of ether oxygens (including phenoxy) is 1. The van der Waals surface area contributed by atoms with Crippen LogP contribution < -0.4 is 0 Å². The summed E-state index contributed by atoms with van der Waals surface area (Å²) in [6.07, 6.45) is 3.37. The zero-order valence-electron chi connectivity index (χ0n) is 9.35. The molecule has 0 fully saturated rings. The first-order valence-corrected chi connectivity index (χ1v) is 5.28. The minimum atomic E-state index is -0.528. The third kappa shape index (κ3) is 3.90. The first-order valence-electron chi connectivity index (χ1n) is 5.28. The molecule has 2 nitrogen and oxygen atoms in total. The fraction of sp³-hybridized carbons (Fsp3) is 0.909. The maximum atomic E-state index is 11.7. The van der Waals surface area contributed by atoms with Gasteiger partial charge in [-0.2, -0.15) is 0 Å². The second-order valence-electron chi connectivity index (χ2n) is 3.59. The van der Waals surface area contributed by atoms with Crippen LogP contribution in [0.2, 0.25) is 0 Å². The molecule has 0 aromatic carbocycles. The van der Waals surface area contributed by atoms with Crippen LogP contribution in [0.1, 0.15) is 53.4 Å². The van der Waals surface area contributed by atoms with Crippen LogP contribution in [-0.2, 0) is 9.53 Å². The lowest BCUT2D eigenvalue weighted by Crippen LogP contribution is -2.38. The van der Waals surface area contributed by atoms with Gasteiger partial charge in [0.15, 0.2) is 5.78 Å². The van der Waals surface area contributed by atoms with Crippen molar-refractivity contribution in [2.75, 3.05) is 6.61 Å². The second kappa shape index (κ2) is 6.14. The van der Waals surface area contributed by atoms with Crippen molar-refractivity contribution in [2.45, 2.75) is 59.0 Å². The predicted molar refractivity (Wildman–Crippen MR) is 54.9 cm³/mol. The van der Waals surface area contributed by atoms with E-state index in [2.05, 4.69) is 6.92 Å². The zero-order chi connectivity index (χ0) is 10.3. The maximum Gasteiger partial charge on any atom is 0.164 e. The molecule has 0 aliphatic heterocycles. The van der Waals surface area contributed by atoms with E-state index in [1.54, 1.807) is 0 Å². The van der Waals surface area contributed by atoms with Crippen molar-refractivity contribution in [2.24, 2.45) is 0 Å². The average Bonchev–Trinajstić information content (AvgIpc) is 2.05. The summed E-state index contributed by atoms with van der Waals surface area (Å²) in [7, 11) is 0. The first-order chi connectivity index (χ1) is 6.10. The Bertz CT molecular complexity index is 146. The third-order valence-electron chi connectivity index (χ3n) is 2.26. The highest BCUT2D eigenvalue weighted by molar-refractivity contribution is 5.86. The summed E-state index contributed by atoms with van der Waals surface area (Å²) in [5.41, 5.74) is -0.528. The molecule has 1 unspecified atom stereocenters. The van der Waals surface area contributed by atoms with E-state index >= 15 is 0 Å². The molecule has 13 heavy (non-hydrogen) atoms. The summed E-state index contributed by atoms with van der Waals surface area (Å²) in [5, 5.41) is 0. The Morgan fingerprint density at radius 3 is 2.23 bits per heavy atom. The minimum Gasteiger partial charge on any atom is -0.368 e. The molecule has 0 aliphatic rings. The zero-order valence-corrected chi connectivity index (χ0v) is 9.35. The van der Waals surface area contributed by atoms with Gasteiger partial charge in [0, 0.05) is 13.0 Å². The fourth-order valence-electron chi connectivity index (χ4n) is 1.58. The van der Waals surface area contributed by atoms with Crippen LogP contribution in [-0.4, -0.2) is 18.0 Å². The summed E-state index contributed by atoms with van der Waals surface area (Å²) in [5.74, 6) is 0.249. The van der Waals surface area contributed by atoms with E-state index in [1.807, 2.05) is 20.8 Å². The average molecular weight is 186 g/mol. The minimum absolute atomic E-state index is 0.249. The number of hydrogen-bond donors (Lipinski definition) is 0. The van der Waals surface area contributed by atoms with Crippen molar-refractivity contribution in [1.29, 1.82) is 0 Å². The lowest BCUT2D eigenvalue weighted by molar-refractivity contribution is -0.143. The van der Waals surface area contributed by atoms with Crippen LogP contribution in [0.4, 0.5) is 0 Å². The van der Waals surface area contributed by atoms with E-state index in [-0.39, 0.29) is 5.78 Å². The summed E-state index contributed by atoms with van der Waals surface area (Å²) in [6, 6.07) is 0. The summed E-state index contributed by atoms with van der Waals surface area (Å²) in [4.78, 5) is 11.7. The molecule has 78 valence electrons. The molecule has 0 rings (SSSR count). The van der Waals surface area contributed by atoms with E-state index < -0.39 is 5.60 Å². The number of rotatable bonds is 7. The van der Waals surface area contributed by atoms with Gasteiger partial charge in [0.1, 0.15) is 5.60 Å². The van der Waals surface area contributed by atoms with Gasteiger partial charge in [-0.3, -0.25) is 4.79 Å². The van der Waals surface area contributed by atoms with Crippen LogP contribution in [0.25, 0.3) is 0 Å². The number of ketones is 1. The maximum absolute atomic E-state index is 11.7. The molecule has 0 spiro atoms. The van der Waals surface area contributed by atoms with Gasteiger partial charge in [0.2, 0.25) is 0 Å². The standard InChI is InChI=1S/C11H22O2/c1-5-8-10(12)11(4,9-6-2)13-7-3/h5-9H2,1-4H3. The SMILES string of the molecule is CCCC(=O)C(C)(CCC)OCC. The largest absolute Gasteiger partial charge is 0.368 e. The number of carbonyl (C=O) groups is 1. The molecule has 0 saturated heterocycles. The molecular formula is C11H22O2. The fourth-order valence-corrected chi connectivity index (χ4v) is 1.58. The highest BCUT2D eigenvalue weighted by Gasteiger charge is 2.31. The summed E-state index contributed by atoms with van der Waals surface area (Å²) < 4.78 is 5.53. The van der Waals surface area contributed by atoms with Gasteiger partial charge in [0.25, 0.3) is 0 Å². The van der Waals surface area contributed by atoms with Crippen molar-refractivity contribution >= 4 is 5.78 Å². The van der Waals surface area contributed by atoms with Gasteiger partial charge in [0.05, 0.1) is 0 Å². The smallest absolute Gasteiger partial charge is 0.164 e. The Labute approximate surface area is 81.7 Å². The Balaban J connectivity index is 4.27. The predicted octanol–water partition coefficient (Wildman–Crippen LogP) is 2.95. The molecule has 0 heterocycles. The third-order valence-corrected chi connectivity index (χ3v) is 2.26. The molecule has 1 atom stereocenters. The Morgan fingerprint density at radius 1 is 1.23 bits per heavy atom. The summed E-state index contributed by atoms with van der Waals surface area (Å²) in [6.45, 7) is 8.57. The lowest BCUT2D eigenvalue weighted by atomic mass is 9.92. The molecule has 0 saturated carbocycles. The van der Waals surface area contributed by atoms with Gasteiger partial charge in [-0.1, -0.05) is 20.3 Å². The van der Waals surface area contributed by atoms with E-state index in [0.717, 1.165) is 19.3 Å². The molecule has 0 N–H and O–H groups in total. The monoisotopic (exact) mass is 186 g/mol. The van der Waals surface area contributed by atoms with Gasteiger partial charge in [-0.05, 0) is 26.7 Å². The molecule has 0 amide bonds. The van der Waals surface area contributed by atoms with Crippen molar-refractivity contribution in [3.05, 3.63) is 0 Å². The number of Topliss-reactive ketones (excluding diaryl/α,β-unsaturated/α-hetero) is 1. The lowest BCUT2D eigenvalue weighted by Gasteiger charge is -2.27. The highest BCUT2D eigenvalue weighted by atomic mass is 16.5. The van der Waals surface area contributed by atoms with Gasteiger partial charge < -0.3 is 4.74 Å². The first kappa shape index (κ1) is 12.6. The molecular weight excluding hydrogens is 164 g/mol. The molecule has 0 bridgehead atoms. The van der Waals surface area contributed by atoms with E-state index in [1.165, 1.54) is 0 Å². The van der Waals surface area contributed by atoms with E-state index in [9.17, 15) is 4.79 Å². The quantitative estimate of drug-likeness (QED) is 0.611. The van der Waals surface area contributed by atoms with Crippen molar-refractivity contribution in [1.82, 2.24) is 0 Å². The second-order valence-corrected chi connectivity index (χ2v) is 3.59. The normalized spacial score (nSPS) is 15.4. The number of carbonyl (C=O) groups excluding carboxylic acids is 1. The Kier molecular flexibility index (Phi) is 5.97. The number of hydrogen-bond acceptors (Lipinski definition) is 2. The molecule has 0 aromatic rings. The van der Waals surface area contributed by atoms with Crippen LogP contribution >= 0.6 is 0 Å². The molecule has 0 aromatic heterocycles. The van der Waals surface area contributed by atoms with Crippen LogP contribution in [0.15, 0.2) is 0 Å². The van der Waals surface area contributed by atoms with E-state index in [4.69, 9.17) is 4.74 Å². The van der Waals surface area contributed by atoms with Crippen LogP contribution in [0, 0.1) is 0 Å². The van der Waals surface area contributed by atoms with Crippen molar-refractivity contribution in [3.63, 3.8) is 0 Å². The van der Waals surface area contributed by atoms with Crippen LogP contribution in [0.3, 0.4) is 0 Å².